The zero-order chi connectivity index (χ0) is 14.2. The zero-order valence-corrected chi connectivity index (χ0v) is 12.2. The van der Waals surface area contributed by atoms with Crippen molar-refractivity contribution in [3.8, 4) is 0 Å². The van der Waals surface area contributed by atoms with Crippen LogP contribution in [0.2, 0.25) is 0 Å². The molecule has 108 valence electrons. The fraction of sp³-hybridized carbons (Fsp3) is 0.562. The second-order valence-electron chi connectivity index (χ2n) is 6.19. The van der Waals surface area contributed by atoms with Gasteiger partial charge in [0.1, 0.15) is 6.04 Å². The highest BCUT2D eigenvalue weighted by atomic mass is 16.5. The lowest BCUT2D eigenvalue weighted by Gasteiger charge is -2.44. The number of hydrogen-bond donors (Lipinski definition) is 1. The second-order valence-corrected chi connectivity index (χ2v) is 6.19. The molecule has 0 aromatic heterocycles. The number of morpholine rings is 1. The molecule has 3 rings (SSSR count). The van der Waals surface area contributed by atoms with E-state index in [9.17, 15) is 4.79 Å². The Morgan fingerprint density at radius 3 is 3.00 bits per heavy atom. The SMILES string of the molecule is CC1(C)COCCN1C(=O)C1NCCc2ccccc21. The molecule has 20 heavy (non-hydrogen) atoms. The summed E-state index contributed by atoms with van der Waals surface area (Å²) in [6.07, 6.45) is 0.993. The summed E-state index contributed by atoms with van der Waals surface area (Å²) in [5.41, 5.74) is 2.19. The van der Waals surface area contributed by atoms with Gasteiger partial charge in [0.2, 0.25) is 5.91 Å². The first kappa shape index (κ1) is 13.6. The molecule has 0 aliphatic carbocycles. The van der Waals surface area contributed by atoms with Crippen LogP contribution in [-0.2, 0) is 16.0 Å². The monoisotopic (exact) mass is 274 g/mol. The molecule has 2 aliphatic rings. The quantitative estimate of drug-likeness (QED) is 0.844. The molecule has 1 aromatic carbocycles. The van der Waals surface area contributed by atoms with Crippen LogP contribution in [0.4, 0.5) is 0 Å². The largest absolute Gasteiger partial charge is 0.377 e. The van der Waals surface area contributed by atoms with Gasteiger partial charge >= 0.3 is 0 Å². The maximum absolute atomic E-state index is 12.9. The van der Waals surface area contributed by atoms with E-state index in [4.69, 9.17) is 4.74 Å². The molecule has 2 aliphatic heterocycles. The zero-order valence-electron chi connectivity index (χ0n) is 12.2. The third-order valence-corrected chi connectivity index (χ3v) is 4.27. The number of ether oxygens (including phenoxy) is 1. The van der Waals surface area contributed by atoms with Gasteiger partial charge in [0.05, 0.1) is 18.8 Å². The van der Waals surface area contributed by atoms with Gasteiger partial charge in [-0.25, -0.2) is 0 Å². The van der Waals surface area contributed by atoms with Gasteiger partial charge in [-0.1, -0.05) is 24.3 Å². The van der Waals surface area contributed by atoms with Crippen LogP contribution >= 0.6 is 0 Å². The van der Waals surface area contributed by atoms with Gasteiger partial charge in [-0.05, 0) is 31.4 Å². The van der Waals surface area contributed by atoms with Crippen molar-refractivity contribution >= 4 is 5.91 Å². The Balaban J connectivity index is 1.88. The number of rotatable bonds is 1. The Labute approximate surface area is 120 Å². The van der Waals surface area contributed by atoms with Gasteiger partial charge in [-0.15, -0.1) is 0 Å². The standard InChI is InChI=1S/C16H22N2O2/c1-16(2)11-20-10-9-18(16)15(19)14-13-6-4-3-5-12(13)7-8-17-14/h3-6,14,17H,7-11H2,1-2H3. The molecule has 1 unspecified atom stereocenters. The molecule has 0 radical (unpaired) electrons. The Morgan fingerprint density at radius 1 is 1.40 bits per heavy atom. The van der Waals surface area contributed by atoms with Crippen molar-refractivity contribution in [2.45, 2.75) is 31.8 Å². The van der Waals surface area contributed by atoms with Crippen LogP contribution < -0.4 is 5.32 Å². The van der Waals surface area contributed by atoms with E-state index in [1.165, 1.54) is 5.56 Å². The van der Waals surface area contributed by atoms with Crippen molar-refractivity contribution in [1.82, 2.24) is 10.2 Å². The molecule has 0 saturated carbocycles. The minimum Gasteiger partial charge on any atom is -0.377 e. The summed E-state index contributed by atoms with van der Waals surface area (Å²) in [4.78, 5) is 14.9. The summed E-state index contributed by atoms with van der Waals surface area (Å²) in [5, 5.41) is 3.38. The normalized spacial score (nSPS) is 25.1. The van der Waals surface area contributed by atoms with E-state index in [0.717, 1.165) is 18.5 Å². The van der Waals surface area contributed by atoms with Gasteiger partial charge in [-0.3, -0.25) is 4.79 Å². The predicted molar refractivity (Wildman–Crippen MR) is 77.5 cm³/mol. The maximum atomic E-state index is 12.9. The molecule has 2 heterocycles. The van der Waals surface area contributed by atoms with Crippen LogP contribution in [0.5, 0.6) is 0 Å². The number of carbonyl (C=O) groups excluding carboxylic acids is 1. The molecule has 1 amide bonds. The number of carbonyl (C=O) groups is 1. The number of hydrogen-bond acceptors (Lipinski definition) is 3. The van der Waals surface area contributed by atoms with Crippen LogP contribution in [0.3, 0.4) is 0 Å². The molecular weight excluding hydrogens is 252 g/mol. The number of amides is 1. The van der Waals surface area contributed by atoms with Crippen molar-refractivity contribution in [3.63, 3.8) is 0 Å². The molecule has 1 aromatic rings. The average Bonchev–Trinajstić information content (AvgIpc) is 2.45. The Hall–Kier alpha value is -1.39. The summed E-state index contributed by atoms with van der Waals surface area (Å²) in [6, 6.07) is 8.04. The average molecular weight is 274 g/mol. The van der Waals surface area contributed by atoms with E-state index < -0.39 is 0 Å². The summed E-state index contributed by atoms with van der Waals surface area (Å²) in [5.74, 6) is 0.172. The van der Waals surface area contributed by atoms with E-state index in [2.05, 4.69) is 31.3 Å². The van der Waals surface area contributed by atoms with Gasteiger partial charge in [0, 0.05) is 13.1 Å². The Kier molecular flexibility index (Phi) is 3.52. The first-order valence-corrected chi connectivity index (χ1v) is 7.30. The number of benzene rings is 1. The minimum atomic E-state index is -0.233. The van der Waals surface area contributed by atoms with Crippen LogP contribution in [0, 0.1) is 0 Å². The molecule has 4 heteroatoms. The van der Waals surface area contributed by atoms with Crippen molar-refractivity contribution in [3.05, 3.63) is 35.4 Å². The summed E-state index contributed by atoms with van der Waals surface area (Å²) in [7, 11) is 0. The van der Waals surface area contributed by atoms with E-state index in [1.807, 2.05) is 17.0 Å². The van der Waals surface area contributed by atoms with E-state index in [0.29, 0.717) is 19.8 Å². The fourth-order valence-corrected chi connectivity index (χ4v) is 3.15. The summed E-state index contributed by atoms with van der Waals surface area (Å²) >= 11 is 0. The topological polar surface area (TPSA) is 41.6 Å². The summed E-state index contributed by atoms with van der Waals surface area (Å²) in [6.45, 7) is 6.90. The van der Waals surface area contributed by atoms with Gasteiger partial charge in [0.15, 0.2) is 0 Å². The molecular formula is C16H22N2O2. The smallest absolute Gasteiger partial charge is 0.244 e. The lowest BCUT2D eigenvalue weighted by molar-refractivity contribution is -0.149. The molecule has 4 nitrogen and oxygen atoms in total. The van der Waals surface area contributed by atoms with Crippen molar-refractivity contribution in [1.29, 1.82) is 0 Å². The van der Waals surface area contributed by atoms with Crippen LogP contribution in [-0.4, -0.2) is 42.6 Å². The van der Waals surface area contributed by atoms with Crippen LogP contribution in [0.25, 0.3) is 0 Å². The number of nitrogens with zero attached hydrogens (tertiary/aromatic N) is 1. The molecule has 1 fully saturated rings. The van der Waals surface area contributed by atoms with E-state index >= 15 is 0 Å². The van der Waals surface area contributed by atoms with Gasteiger partial charge in [0.25, 0.3) is 0 Å². The van der Waals surface area contributed by atoms with Crippen LogP contribution in [0.15, 0.2) is 24.3 Å². The summed E-state index contributed by atoms with van der Waals surface area (Å²) < 4.78 is 5.51. The number of fused-ring (bicyclic) bond motifs is 1. The minimum absolute atomic E-state index is 0.172. The van der Waals surface area contributed by atoms with Crippen molar-refractivity contribution in [2.75, 3.05) is 26.3 Å². The first-order valence-electron chi connectivity index (χ1n) is 7.30. The molecule has 1 atom stereocenters. The molecule has 0 spiro atoms. The maximum Gasteiger partial charge on any atom is 0.244 e. The molecule has 1 N–H and O–H groups in total. The lowest BCUT2D eigenvalue weighted by atomic mass is 9.92. The fourth-order valence-electron chi connectivity index (χ4n) is 3.15. The first-order chi connectivity index (χ1) is 9.59. The van der Waals surface area contributed by atoms with Crippen molar-refractivity contribution < 1.29 is 9.53 Å². The van der Waals surface area contributed by atoms with Gasteiger partial charge < -0.3 is 15.0 Å². The Morgan fingerprint density at radius 2 is 2.20 bits per heavy atom. The highest BCUT2D eigenvalue weighted by Gasteiger charge is 2.38. The third kappa shape index (κ3) is 2.34. The van der Waals surface area contributed by atoms with E-state index in [1.54, 1.807) is 0 Å². The molecule has 1 saturated heterocycles. The molecule has 0 bridgehead atoms. The van der Waals surface area contributed by atoms with Crippen molar-refractivity contribution in [2.24, 2.45) is 0 Å². The van der Waals surface area contributed by atoms with Crippen LogP contribution in [0.1, 0.15) is 31.0 Å². The van der Waals surface area contributed by atoms with Gasteiger partial charge in [-0.2, -0.15) is 0 Å². The Bertz CT molecular complexity index is 513. The predicted octanol–water partition coefficient (Wildman–Crippen LogP) is 1.51. The lowest BCUT2D eigenvalue weighted by Crippen LogP contribution is -2.58. The highest BCUT2D eigenvalue weighted by molar-refractivity contribution is 5.84. The number of nitrogens with one attached hydrogen (secondary N) is 1. The second kappa shape index (κ2) is 5.19. The third-order valence-electron chi connectivity index (χ3n) is 4.27. The highest BCUT2D eigenvalue weighted by Crippen LogP contribution is 2.28. The van der Waals surface area contributed by atoms with E-state index in [-0.39, 0.29) is 17.5 Å².